The standard InChI is InChI=1S/C40H62N6O6S/c1-24(2)21-28-25(3)22-46(30(28)35(49)42-29(31(47)34(41)48)19-20-53-27-17-14-18-27)37(51)33(40(7,8)9)44-38(52)43-32(39(4,5)6)36(50)45(10)23-26-15-12-11-13-16-26/h11-13,15,21,26-30,32-33H,3,14,16-20,22-23H2,1-2,4-10H3,(H2,41,48)(H,42,49)(H2,43,44,52)/t26?,28-,29?,30-,32+,33+/m0/s1. The Morgan fingerprint density at radius 2 is 1.62 bits per heavy atom. The molecule has 3 rings (SSSR count). The Morgan fingerprint density at radius 1 is 1.00 bits per heavy atom. The minimum atomic E-state index is -1.15. The van der Waals surface area contributed by atoms with Gasteiger partial charge in [-0.25, -0.2) is 4.79 Å². The number of urea groups is 1. The van der Waals surface area contributed by atoms with Crippen LogP contribution >= 0.6 is 11.8 Å². The van der Waals surface area contributed by atoms with Gasteiger partial charge in [-0.05, 0) is 67.6 Å². The molecule has 2 aliphatic carbocycles. The molecule has 53 heavy (non-hydrogen) atoms. The highest BCUT2D eigenvalue weighted by Crippen LogP contribution is 2.34. The van der Waals surface area contributed by atoms with E-state index in [1.807, 2.05) is 52.8 Å². The summed E-state index contributed by atoms with van der Waals surface area (Å²) in [6.07, 6.45) is 14.3. The van der Waals surface area contributed by atoms with E-state index in [0.717, 1.165) is 31.3 Å². The summed E-state index contributed by atoms with van der Waals surface area (Å²) in [7, 11) is 1.72. The van der Waals surface area contributed by atoms with E-state index in [0.29, 0.717) is 23.1 Å². The van der Waals surface area contributed by atoms with Crippen LogP contribution in [0, 0.1) is 22.7 Å². The zero-order valence-corrected chi connectivity index (χ0v) is 33.9. The molecule has 0 radical (unpaired) electrons. The van der Waals surface area contributed by atoms with Gasteiger partial charge in [-0.15, -0.1) is 0 Å². The number of nitrogens with two attached hydrogens (primary N) is 1. The molecule has 1 saturated carbocycles. The third kappa shape index (κ3) is 12.1. The van der Waals surface area contributed by atoms with Gasteiger partial charge < -0.3 is 31.5 Å². The average Bonchev–Trinajstić information content (AvgIpc) is 3.36. The number of primary amides is 1. The second kappa shape index (κ2) is 18.4. The monoisotopic (exact) mass is 754 g/mol. The number of nitrogens with one attached hydrogen (secondary N) is 3. The molecule has 6 amide bonds. The predicted octanol–water partition coefficient (Wildman–Crippen LogP) is 4.27. The molecule has 12 nitrogen and oxygen atoms in total. The minimum Gasteiger partial charge on any atom is -0.363 e. The molecule has 0 bridgehead atoms. The van der Waals surface area contributed by atoms with Crippen LogP contribution in [0.2, 0.25) is 0 Å². The number of allylic oxidation sites excluding steroid dienone is 4. The number of ketones is 1. The lowest BCUT2D eigenvalue weighted by atomic mass is 9.84. The van der Waals surface area contributed by atoms with Crippen LogP contribution in [-0.2, 0) is 24.0 Å². The average molecular weight is 755 g/mol. The van der Waals surface area contributed by atoms with E-state index in [2.05, 4.69) is 34.7 Å². The van der Waals surface area contributed by atoms with Crippen molar-refractivity contribution < 1.29 is 28.8 Å². The molecule has 1 saturated heterocycles. The molecule has 0 aromatic rings. The van der Waals surface area contributed by atoms with Crippen molar-refractivity contribution in [3.05, 3.63) is 48.1 Å². The Kier molecular flexibility index (Phi) is 15.2. The van der Waals surface area contributed by atoms with Gasteiger partial charge >= 0.3 is 6.03 Å². The van der Waals surface area contributed by atoms with Gasteiger partial charge in [0.15, 0.2) is 0 Å². The summed E-state index contributed by atoms with van der Waals surface area (Å²) in [6.45, 7) is 19.5. The quantitative estimate of drug-likeness (QED) is 0.143. The van der Waals surface area contributed by atoms with Crippen LogP contribution in [0.5, 0.6) is 0 Å². The second-order valence-corrected chi connectivity index (χ2v) is 18.5. The molecular formula is C40H62N6O6S. The van der Waals surface area contributed by atoms with E-state index in [-0.39, 0.29) is 24.8 Å². The molecule has 294 valence electrons. The summed E-state index contributed by atoms with van der Waals surface area (Å²) < 4.78 is 0. The molecule has 2 unspecified atom stereocenters. The highest BCUT2D eigenvalue weighted by Gasteiger charge is 2.48. The van der Waals surface area contributed by atoms with Crippen molar-refractivity contribution in [3.8, 4) is 0 Å². The lowest BCUT2D eigenvalue weighted by Gasteiger charge is -2.38. The smallest absolute Gasteiger partial charge is 0.316 e. The van der Waals surface area contributed by atoms with Gasteiger partial charge in [-0.2, -0.15) is 11.8 Å². The minimum absolute atomic E-state index is 0.0336. The summed E-state index contributed by atoms with van der Waals surface area (Å²) in [5, 5.41) is 8.94. The SMILES string of the molecule is C=C1CN(C(=O)[C@@H](NC(=O)N[C@H](C(=O)N(C)CC2C=CC=CC2)C(C)(C)C)C(C)(C)C)[C@H](C(=O)NC(CCSC2CCC2)C(=O)C(N)=O)[C@H]1C=C(C)C. The van der Waals surface area contributed by atoms with Gasteiger partial charge in [0.25, 0.3) is 5.91 Å². The molecule has 2 fully saturated rings. The molecule has 13 heteroatoms. The topological polar surface area (TPSA) is 171 Å². The third-order valence-corrected chi connectivity index (χ3v) is 11.4. The van der Waals surface area contributed by atoms with Gasteiger partial charge in [0, 0.05) is 31.3 Å². The van der Waals surface area contributed by atoms with Gasteiger partial charge in [0.1, 0.15) is 18.1 Å². The first-order valence-electron chi connectivity index (χ1n) is 18.7. The van der Waals surface area contributed by atoms with Crippen molar-refractivity contribution in [2.75, 3.05) is 25.9 Å². The van der Waals surface area contributed by atoms with E-state index < -0.39 is 70.5 Å². The maximum atomic E-state index is 14.6. The Balaban J connectivity index is 1.86. The fourth-order valence-electron chi connectivity index (χ4n) is 6.71. The largest absolute Gasteiger partial charge is 0.363 e. The molecule has 1 heterocycles. The van der Waals surface area contributed by atoms with E-state index >= 15 is 0 Å². The number of amides is 6. The number of Topliss-reactive ketones (excluding diaryl/α,β-unsaturated/α-hetero) is 1. The second-order valence-electron chi connectivity index (χ2n) is 17.1. The normalized spacial score (nSPS) is 21.9. The number of hydrogen-bond acceptors (Lipinski definition) is 7. The van der Waals surface area contributed by atoms with Crippen molar-refractivity contribution in [1.29, 1.82) is 0 Å². The van der Waals surface area contributed by atoms with Crippen LogP contribution in [0.15, 0.2) is 48.1 Å². The summed E-state index contributed by atoms with van der Waals surface area (Å²) in [5.41, 5.74) is 5.41. The van der Waals surface area contributed by atoms with Crippen molar-refractivity contribution in [3.63, 3.8) is 0 Å². The van der Waals surface area contributed by atoms with E-state index in [9.17, 15) is 28.8 Å². The summed E-state index contributed by atoms with van der Waals surface area (Å²) in [6, 6.07) is -4.98. The predicted molar refractivity (Wildman–Crippen MR) is 211 cm³/mol. The van der Waals surface area contributed by atoms with Crippen LogP contribution < -0.4 is 21.7 Å². The molecule has 3 aliphatic rings. The number of nitrogens with zero attached hydrogens (tertiary/aromatic N) is 2. The maximum absolute atomic E-state index is 14.6. The number of carbonyl (C=O) groups is 6. The van der Waals surface area contributed by atoms with Crippen LogP contribution in [0.4, 0.5) is 4.79 Å². The number of likely N-dealkylation sites (tertiary alicyclic amines) is 1. The van der Waals surface area contributed by atoms with Gasteiger partial charge in [0.2, 0.25) is 23.5 Å². The van der Waals surface area contributed by atoms with Crippen LogP contribution in [0.3, 0.4) is 0 Å². The molecule has 0 aromatic heterocycles. The van der Waals surface area contributed by atoms with Crippen LogP contribution in [0.25, 0.3) is 0 Å². The third-order valence-electron chi connectivity index (χ3n) is 10.0. The van der Waals surface area contributed by atoms with E-state index in [1.165, 1.54) is 4.90 Å². The highest BCUT2D eigenvalue weighted by atomic mass is 32.2. The zero-order chi connectivity index (χ0) is 39.8. The lowest BCUT2D eigenvalue weighted by molar-refractivity contribution is -0.143. The van der Waals surface area contributed by atoms with Crippen molar-refractivity contribution in [1.82, 2.24) is 25.8 Å². The molecule has 6 atom stereocenters. The molecule has 5 N–H and O–H groups in total. The van der Waals surface area contributed by atoms with Gasteiger partial charge in [-0.1, -0.05) is 90.5 Å². The highest BCUT2D eigenvalue weighted by molar-refractivity contribution is 7.99. The zero-order valence-electron chi connectivity index (χ0n) is 33.1. The van der Waals surface area contributed by atoms with E-state index in [1.54, 1.807) is 44.5 Å². The molecule has 1 aliphatic heterocycles. The Morgan fingerprint density at radius 3 is 2.13 bits per heavy atom. The number of hydrogen-bond donors (Lipinski definition) is 4. The van der Waals surface area contributed by atoms with Crippen molar-refractivity contribution >= 4 is 47.2 Å². The first-order chi connectivity index (χ1) is 24.6. The number of thioether (sulfide) groups is 1. The Bertz CT molecular complexity index is 1500. The summed E-state index contributed by atoms with van der Waals surface area (Å²) >= 11 is 1.70. The van der Waals surface area contributed by atoms with Crippen LogP contribution in [0.1, 0.15) is 87.5 Å². The van der Waals surface area contributed by atoms with Gasteiger partial charge in [-0.3, -0.25) is 24.0 Å². The molecular weight excluding hydrogens is 693 g/mol. The fraction of sp³-hybridized carbons (Fsp3) is 0.650. The Labute approximate surface area is 320 Å². The molecule has 0 aromatic carbocycles. The summed E-state index contributed by atoms with van der Waals surface area (Å²) in [4.78, 5) is 84.2. The van der Waals surface area contributed by atoms with Crippen molar-refractivity contribution in [2.45, 2.75) is 117 Å². The van der Waals surface area contributed by atoms with E-state index in [4.69, 9.17) is 5.73 Å². The number of likely N-dealkylation sites (N-methyl/N-ethyl adjacent to an activating group) is 1. The number of rotatable bonds is 15. The first-order valence-corrected chi connectivity index (χ1v) is 19.7. The number of carbonyl (C=O) groups excluding carboxylic acids is 6. The fourth-order valence-corrected chi connectivity index (χ4v) is 8.08. The van der Waals surface area contributed by atoms with Crippen molar-refractivity contribution in [2.24, 2.45) is 28.4 Å². The molecule has 0 spiro atoms. The lowest BCUT2D eigenvalue weighted by Crippen LogP contribution is -2.63. The van der Waals surface area contributed by atoms with Gasteiger partial charge in [0.05, 0.1) is 6.04 Å². The maximum Gasteiger partial charge on any atom is 0.316 e. The summed E-state index contributed by atoms with van der Waals surface area (Å²) in [5.74, 6) is -3.29. The first kappa shape index (κ1) is 43.5. The Hall–Kier alpha value is -3.87. The van der Waals surface area contributed by atoms with Crippen LogP contribution in [-0.4, -0.2) is 101 Å².